The van der Waals surface area contributed by atoms with Crippen molar-refractivity contribution in [3.8, 4) is 11.5 Å². The first-order valence-corrected chi connectivity index (χ1v) is 11.5. The number of rotatable bonds is 7. The van der Waals surface area contributed by atoms with Gasteiger partial charge in [-0.2, -0.15) is 0 Å². The van der Waals surface area contributed by atoms with Crippen LogP contribution in [-0.2, 0) is 9.53 Å². The van der Waals surface area contributed by atoms with Crippen LogP contribution in [0.2, 0.25) is 0 Å². The van der Waals surface area contributed by atoms with Gasteiger partial charge in [-0.3, -0.25) is 9.69 Å². The van der Waals surface area contributed by atoms with Gasteiger partial charge >= 0.3 is 0 Å². The minimum Gasteiger partial charge on any atom is -0.503 e. The van der Waals surface area contributed by atoms with E-state index in [1.807, 2.05) is 37.3 Å². The minimum atomic E-state index is -0.152. The van der Waals surface area contributed by atoms with Gasteiger partial charge in [0.25, 0.3) is 5.91 Å². The third-order valence-corrected chi connectivity index (χ3v) is 7.31. The van der Waals surface area contributed by atoms with Gasteiger partial charge in [-0.1, -0.05) is 18.2 Å². The highest BCUT2D eigenvalue weighted by molar-refractivity contribution is 9.13. The zero-order valence-electron chi connectivity index (χ0n) is 16.4. The van der Waals surface area contributed by atoms with Crippen LogP contribution in [0.25, 0.3) is 6.08 Å². The molecule has 2 aromatic carbocycles. The number of ether oxygens (including phenoxy) is 2. The largest absolute Gasteiger partial charge is 0.503 e. The van der Waals surface area contributed by atoms with Gasteiger partial charge in [-0.25, -0.2) is 4.99 Å². The Morgan fingerprint density at radius 1 is 1.23 bits per heavy atom. The van der Waals surface area contributed by atoms with Crippen LogP contribution in [0, 0.1) is 0 Å². The van der Waals surface area contributed by atoms with E-state index in [1.165, 1.54) is 11.8 Å². The molecule has 6 nitrogen and oxygen atoms in total. The lowest BCUT2D eigenvalue weighted by Crippen LogP contribution is -2.32. The molecule has 158 valence electrons. The van der Waals surface area contributed by atoms with Crippen LogP contribution in [0.15, 0.2) is 55.2 Å². The second kappa shape index (κ2) is 10.5. The minimum absolute atomic E-state index is 0.00401. The summed E-state index contributed by atoms with van der Waals surface area (Å²) < 4.78 is 11.8. The third kappa shape index (κ3) is 5.08. The van der Waals surface area contributed by atoms with Crippen molar-refractivity contribution in [2.75, 3.05) is 26.9 Å². The molecule has 3 rings (SSSR count). The number of benzene rings is 2. The zero-order valence-corrected chi connectivity index (χ0v) is 20.4. The number of phenols is 1. The number of amides is 1. The van der Waals surface area contributed by atoms with Crippen molar-refractivity contribution in [3.63, 3.8) is 0 Å². The van der Waals surface area contributed by atoms with Crippen LogP contribution < -0.4 is 4.74 Å². The van der Waals surface area contributed by atoms with Crippen LogP contribution in [-0.4, -0.2) is 47.9 Å². The van der Waals surface area contributed by atoms with Gasteiger partial charge < -0.3 is 14.6 Å². The number of methoxy groups -OCH3 is 1. The fraction of sp³-hybridized carbons (Fsp3) is 0.238. The average Bonchev–Trinajstić information content (AvgIpc) is 3.03. The van der Waals surface area contributed by atoms with Gasteiger partial charge in [-0.15, -0.1) is 0 Å². The second-order valence-corrected chi connectivity index (χ2v) is 8.76. The van der Waals surface area contributed by atoms with Crippen LogP contribution >= 0.6 is 43.6 Å². The topological polar surface area (TPSA) is 71.4 Å². The van der Waals surface area contributed by atoms with E-state index in [1.54, 1.807) is 24.2 Å². The lowest BCUT2D eigenvalue weighted by molar-refractivity contribution is -0.122. The Labute approximate surface area is 196 Å². The highest BCUT2D eigenvalue weighted by Gasteiger charge is 2.33. The van der Waals surface area contributed by atoms with Gasteiger partial charge in [-0.05, 0) is 80.4 Å². The molecule has 0 spiro atoms. The smallest absolute Gasteiger partial charge is 0.266 e. The van der Waals surface area contributed by atoms with Crippen molar-refractivity contribution < 1.29 is 19.4 Å². The summed E-state index contributed by atoms with van der Waals surface area (Å²) in [5.41, 5.74) is 1.47. The number of para-hydroxylation sites is 1. The van der Waals surface area contributed by atoms with Gasteiger partial charge in [0, 0.05) is 11.6 Å². The molecule has 1 aliphatic heterocycles. The highest BCUT2D eigenvalue weighted by Crippen LogP contribution is 2.44. The zero-order chi connectivity index (χ0) is 21.7. The van der Waals surface area contributed by atoms with Gasteiger partial charge in [0.05, 0.1) is 34.8 Å². The molecule has 1 heterocycles. The van der Waals surface area contributed by atoms with E-state index in [9.17, 15) is 9.90 Å². The van der Waals surface area contributed by atoms with Crippen molar-refractivity contribution in [1.82, 2.24) is 4.90 Å². The van der Waals surface area contributed by atoms with Crippen LogP contribution in [0.3, 0.4) is 0 Å². The van der Waals surface area contributed by atoms with Crippen LogP contribution in [0.4, 0.5) is 5.69 Å². The normalized spacial score (nSPS) is 16.7. The molecule has 2 aromatic rings. The number of nitrogens with zero attached hydrogens (tertiary/aromatic N) is 2. The Bertz CT molecular complexity index is 996. The number of aromatic hydroxyl groups is 1. The summed E-state index contributed by atoms with van der Waals surface area (Å²) in [5.74, 6) is 0.189. The fourth-order valence-corrected chi connectivity index (χ4v) is 4.56. The van der Waals surface area contributed by atoms with E-state index in [0.29, 0.717) is 50.1 Å². The average molecular weight is 556 g/mol. The molecule has 0 saturated carbocycles. The number of phenolic OH excluding ortho intramolecular Hbond substituents is 1. The van der Waals surface area contributed by atoms with Crippen LogP contribution in [0.5, 0.6) is 11.5 Å². The molecule has 0 radical (unpaired) electrons. The van der Waals surface area contributed by atoms with Crippen molar-refractivity contribution in [2.45, 2.75) is 6.92 Å². The first kappa shape index (κ1) is 22.9. The first-order chi connectivity index (χ1) is 14.5. The number of carbonyl (C=O) groups is 1. The Balaban J connectivity index is 2.01. The standard InChI is InChI=1S/C21H20Br2N2O4S/c1-3-29-15-11-13(17(22)18(23)19(15)26)12-16-20(27)25(9-10-28-2)21(30-16)24-14-7-5-4-6-8-14/h4-8,11-12,26H,3,9-10H2,1-2H3/b16-12-,24-21?. The van der Waals surface area contributed by atoms with Crippen LogP contribution in [0.1, 0.15) is 12.5 Å². The lowest BCUT2D eigenvalue weighted by Gasteiger charge is -2.14. The van der Waals surface area contributed by atoms with Crippen molar-refractivity contribution in [3.05, 3.63) is 55.8 Å². The summed E-state index contributed by atoms with van der Waals surface area (Å²) in [6.07, 6.45) is 1.76. The number of amidine groups is 1. The van der Waals surface area contributed by atoms with Gasteiger partial charge in [0.1, 0.15) is 0 Å². The highest BCUT2D eigenvalue weighted by atomic mass is 79.9. The first-order valence-electron chi connectivity index (χ1n) is 9.14. The second-order valence-electron chi connectivity index (χ2n) is 6.16. The predicted molar refractivity (Wildman–Crippen MR) is 127 cm³/mol. The maximum Gasteiger partial charge on any atom is 0.266 e. The maximum atomic E-state index is 13.1. The van der Waals surface area contributed by atoms with E-state index in [4.69, 9.17) is 9.47 Å². The molecule has 0 unspecified atom stereocenters. The monoisotopic (exact) mass is 554 g/mol. The molecular formula is C21H20Br2N2O4S. The van der Waals surface area contributed by atoms with E-state index in [-0.39, 0.29) is 11.7 Å². The van der Waals surface area contributed by atoms with Gasteiger partial charge in [0.15, 0.2) is 16.7 Å². The SMILES string of the molecule is CCOc1cc(/C=C2\SC(=Nc3ccccc3)N(CCOC)C2=O)c(Br)c(Br)c1O. The van der Waals surface area contributed by atoms with Crippen molar-refractivity contribution in [1.29, 1.82) is 0 Å². The molecule has 9 heteroatoms. The van der Waals surface area contributed by atoms with Crippen molar-refractivity contribution in [2.24, 2.45) is 4.99 Å². The maximum absolute atomic E-state index is 13.1. The summed E-state index contributed by atoms with van der Waals surface area (Å²) in [6.45, 7) is 3.04. The molecular weight excluding hydrogens is 536 g/mol. The Kier molecular flexibility index (Phi) is 7.99. The molecule has 0 aliphatic carbocycles. The summed E-state index contributed by atoms with van der Waals surface area (Å²) in [6, 6.07) is 11.2. The third-order valence-electron chi connectivity index (χ3n) is 4.15. The number of thioether (sulfide) groups is 1. The summed E-state index contributed by atoms with van der Waals surface area (Å²) >= 11 is 8.14. The number of hydrogen-bond donors (Lipinski definition) is 1. The number of aliphatic imine (C=N–C) groups is 1. The van der Waals surface area contributed by atoms with E-state index in [0.717, 1.165) is 5.69 Å². The van der Waals surface area contributed by atoms with E-state index in [2.05, 4.69) is 36.9 Å². The molecule has 1 saturated heterocycles. The predicted octanol–water partition coefficient (Wildman–Crippen LogP) is 5.57. The number of hydrogen-bond acceptors (Lipinski definition) is 6. The summed E-state index contributed by atoms with van der Waals surface area (Å²) in [4.78, 5) is 19.8. The Hall–Kier alpha value is -1.81. The van der Waals surface area contributed by atoms with Crippen molar-refractivity contribution >= 4 is 66.5 Å². The summed E-state index contributed by atoms with van der Waals surface area (Å²) in [5, 5.41) is 10.8. The van der Waals surface area contributed by atoms with E-state index < -0.39 is 0 Å². The molecule has 0 bridgehead atoms. The van der Waals surface area contributed by atoms with Gasteiger partial charge in [0.2, 0.25) is 0 Å². The Morgan fingerprint density at radius 2 is 1.97 bits per heavy atom. The molecule has 1 aliphatic rings. The molecule has 1 N–H and O–H groups in total. The number of carbonyl (C=O) groups excluding carboxylic acids is 1. The molecule has 0 aromatic heterocycles. The fourth-order valence-electron chi connectivity index (χ4n) is 2.71. The number of halogens is 2. The molecule has 0 atom stereocenters. The lowest BCUT2D eigenvalue weighted by atomic mass is 10.2. The summed E-state index contributed by atoms with van der Waals surface area (Å²) in [7, 11) is 1.60. The molecule has 30 heavy (non-hydrogen) atoms. The quantitative estimate of drug-likeness (QED) is 0.452. The molecule has 1 amide bonds. The van der Waals surface area contributed by atoms with E-state index >= 15 is 0 Å². The molecule has 1 fully saturated rings. The Morgan fingerprint density at radius 3 is 2.63 bits per heavy atom.